The van der Waals surface area contributed by atoms with E-state index >= 15 is 0 Å². The van der Waals surface area contributed by atoms with E-state index in [4.69, 9.17) is 9.47 Å². The lowest BCUT2D eigenvalue weighted by atomic mass is 10.0. The average Bonchev–Trinajstić information content (AvgIpc) is 3.05. The maximum atomic E-state index is 12.6. The first-order valence-corrected chi connectivity index (χ1v) is 7.94. The molecule has 0 unspecified atom stereocenters. The minimum Gasteiger partial charge on any atom is -0.486 e. The molecule has 1 aromatic rings. The fraction of sp³-hybridized carbons (Fsp3) is 0.588. The number of nitrogens with zero attached hydrogens (tertiary/aromatic N) is 1. The molecule has 0 aromatic heterocycles. The van der Waals surface area contributed by atoms with Gasteiger partial charge < -0.3 is 14.4 Å². The van der Waals surface area contributed by atoms with Gasteiger partial charge in [-0.2, -0.15) is 0 Å². The standard InChI is InChI=1S/C17H21NO3/c1-11-9-13(11)17(19)18-6-2-3-14(18)12-4-5-15-16(10-12)21-8-7-20-15/h4-5,10-11,13-14H,2-3,6-9H2,1H3/t11-,13-,14-/m1/s1. The summed E-state index contributed by atoms with van der Waals surface area (Å²) in [5, 5.41) is 0. The Kier molecular flexibility index (Phi) is 3.05. The molecule has 2 fully saturated rings. The number of carbonyl (C=O) groups is 1. The van der Waals surface area contributed by atoms with E-state index < -0.39 is 0 Å². The van der Waals surface area contributed by atoms with Gasteiger partial charge in [0.15, 0.2) is 11.5 Å². The number of carbonyl (C=O) groups excluding carboxylic acids is 1. The first-order chi connectivity index (χ1) is 10.2. The van der Waals surface area contributed by atoms with Crippen molar-refractivity contribution in [2.45, 2.75) is 32.2 Å². The van der Waals surface area contributed by atoms with Crippen LogP contribution in [-0.4, -0.2) is 30.6 Å². The lowest BCUT2D eigenvalue weighted by molar-refractivity contribution is -0.133. The van der Waals surface area contributed by atoms with Crippen LogP contribution >= 0.6 is 0 Å². The number of ether oxygens (including phenoxy) is 2. The van der Waals surface area contributed by atoms with Gasteiger partial charge in [-0.15, -0.1) is 0 Å². The summed E-state index contributed by atoms with van der Waals surface area (Å²) in [7, 11) is 0. The van der Waals surface area contributed by atoms with Crippen LogP contribution in [0.25, 0.3) is 0 Å². The van der Waals surface area contributed by atoms with E-state index in [2.05, 4.69) is 24.0 Å². The molecular formula is C17H21NO3. The maximum Gasteiger partial charge on any atom is 0.226 e. The Morgan fingerprint density at radius 1 is 1.24 bits per heavy atom. The molecule has 0 bridgehead atoms. The third-order valence-corrected chi connectivity index (χ3v) is 4.91. The van der Waals surface area contributed by atoms with Crippen molar-refractivity contribution in [2.24, 2.45) is 11.8 Å². The van der Waals surface area contributed by atoms with Crippen molar-refractivity contribution in [3.63, 3.8) is 0 Å². The third-order valence-electron chi connectivity index (χ3n) is 4.91. The largest absolute Gasteiger partial charge is 0.486 e. The minimum atomic E-state index is 0.209. The number of rotatable bonds is 2. The summed E-state index contributed by atoms with van der Waals surface area (Å²) in [6, 6.07) is 6.33. The van der Waals surface area contributed by atoms with Crippen molar-refractivity contribution >= 4 is 5.91 Å². The Balaban J connectivity index is 1.58. The number of hydrogen-bond donors (Lipinski definition) is 0. The molecule has 0 spiro atoms. The minimum absolute atomic E-state index is 0.209. The quantitative estimate of drug-likeness (QED) is 0.839. The van der Waals surface area contributed by atoms with E-state index in [1.54, 1.807) is 0 Å². The van der Waals surface area contributed by atoms with Gasteiger partial charge in [-0.3, -0.25) is 4.79 Å². The first-order valence-electron chi connectivity index (χ1n) is 7.94. The van der Waals surface area contributed by atoms with Crippen LogP contribution in [0.2, 0.25) is 0 Å². The van der Waals surface area contributed by atoms with Gasteiger partial charge in [0, 0.05) is 12.5 Å². The number of benzene rings is 1. The highest BCUT2D eigenvalue weighted by molar-refractivity contribution is 5.82. The number of hydrogen-bond acceptors (Lipinski definition) is 3. The van der Waals surface area contributed by atoms with Crippen LogP contribution in [-0.2, 0) is 4.79 Å². The Bertz CT molecular complexity index is 571. The lowest BCUT2D eigenvalue weighted by Crippen LogP contribution is -2.32. The summed E-state index contributed by atoms with van der Waals surface area (Å²) < 4.78 is 11.2. The molecule has 112 valence electrons. The van der Waals surface area contributed by atoms with Gasteiger partial charge in [0.1, 0.15) is 13.2 Å². The topological polar surface area (TPSA) is 38.8 Å². The molecule has 1 saturated carbocycles. The lowest BCUT2D eigenvalue weighted by Gasteiger charge is -2.27. The Labute approximate surface area is 125 Å². The van der Waals surface area contributed by atoms with Gasteiger partial charge in [-0.25, -0.2) is 0 Å². The van der Waals surface area contributed by atoms with Crippen LogP contribution in [0.3, 0.4) is 0 Å². The number of likely N-dealkylation sites (tertiary alicyclic amines) is 1. The molecule has 1 aromatic carbocycles. The monoisotopic (exact) mass is 287 g/mol. The van der Waals surface area contributed by atoms with E-state index in [-0.39, 0.29) is 12.0 Å². The molecule has 2 heterocycles. The molecule has 0 N–H and O–H groups in total. The number of fused-ring (bicyclic) bond motifs is 1. The SMILES string of the molecule is C[C@@H]1C[C@H]1C(=O)N1CCC[C@@H]1c1ccc2c(c1)OCCO2. The van der Waals surface area contributed by atoms with Gasteiger partial charge in [-0.05, 0) is 42.9 Å². The molecule has 3 aliphatic rings. The fourth-order valence-electron chi connectivity index (χ4n) is 3.52. The van der Waals surface area contributed by atoms with E-state index in [1.807, 2.05) is 6.07 Å². The highest BCUT2D eigenvalue weighted by atomic mass is 16.6. The van der Waals surface area contributed by atoms with Crippen molar-refractivity contribution in [2.75, 3.05) is 19.8 Å². The first kappa shape index (κ1) is 13.0. The third kappa shape index (κ3) is 2.27. The zero-order chi connectivity index (χ0) is 14.4. The van der Waals surface area contributed by atoms with E-state index in [0.29, 0.717) is 25.0 Å². The molecule has 4 rings (SSSR count). The zero-order valence-corrected chi connectivity index (χ0v) is 12.4. The van der Waals surface area contributed by atoms with Crippen LogP contribution in [0.5, 0.6) is 11.5 Å². The Hall–Kier alpha value is -1.71. The smallest absolute Gasteiger partial charge is 0.226 e. The van der Waals surface area contributed by atoms with E-state index in [1.165, 1.54) is 5.56 Å². The molecule has 1 amide bonds. The van der Waals surface area contributed by atoms with Crippen LogP contribution in [0.1, 0.15) is 37.8 Å². The molecule has 4 heteroatoms. The van der Waals surface area contributed by atoms with Crippen molar-refractivity contribution < 1.29 is 14.3 Å². The maximum absolute atomic E-state index is 12.6. The van der Waals surface area contributed by atoms with Gasteiger partial charge in [0.2, 0.25) is 5.91 Å². The fourth-order valence-corrected chi connectivity index (χ4v) is 3.52. The molecule has 0 radical (unpaired) electrons. The van der Waals surface area contributed by atoms with Gasteiger partial charge in [0.05, 0.1) is 6.04 Å². The van der Waals surface area contributed by atoms with E-state index in [0.717, 1.165) is 37.3 Å². The molecule has 4 nitrogen and oxygen atoms in total. The van der Waals surface area contributed by atoms with Gasteiger partial charge >= 0.3 is 0 Å². The molecular weight excluding hydrogens is 266 g/mol. The second kappa shape index (κ2) is 4.93. The van der Waals surface area contributed by atoms with Crippen LogP contribution in [0.15, 0.2) is 18.2 Å². The molecule has 3 atom stereocenters. The normalized spacial score (nSPS) is 30.3. The van der Waals surface area contributed by atoms with Crippen molar-refractivity contribution in [1.29, 1.82) is 0 Å². The summed E-state index contributed by atoms with van der Waals surface area (Å²) in [4.78, 5) is 14.6. The summed E-state index contributed by atoms with van der Waals surface area (Å²) in [6.07, 6.45) is 3.20. The molecule has 21 heavy (non-hydrogen) atoms. The van der Waals surface area contributed by atoms with Crippen molar-refractivity contribution in [1.82, 2.24) is 4.90 Å². The van der Waals surface area contributed by atoms with Gasteiger partial charge in [0.25, 0.3) is 0 Å². The predicted octanol–water partition coefficient (Wildman–Crippen LogP) is 2.78. The van der Waals surface area contributed by atoms with Crippen molar-refractivity contribution in [3.8, 4) is 11.5 Å². The van der Waals surface area contributed by atoms with Gasteiger partial charge in [-0.1, -0.05) is 13.0 Å². The predicted molar refractivity (Wildman–Crippen MR) is 78.4 cm³/mol. The molecule has 1 aliphatic carbocycles. The Morgan fingerprint density at radius 3 is 2.76 bits per heavy atom. The second-order valence-electron chi connectivity index (χ2n) is 6.41. The summed E-state index contributed by atoms with van der Waals surface area (Å²) in [6.45, 7) is 4.27. The van der Waals surface area contributed by atoms with Crippen molar-refractivity contribution in [3.05, 3.63) is 23.8 Å². The summed E-state index contributed by atoms with van der Waals surface area (Å²) in [5.74, 6) is 2.82. The Morgan fingerprint density at radius 2 is 2.00 bits per heavy atom. The summed E-state index contributed by atoms with van der Waals surface area (Å²) in [5.41, 5.74) is 1.18. The second-order valence-corrected chi connectivity index (χ2v) is 6.41. The molecule has 1 saturated heterocycles. The van der Waals surface area contributed by atoms with E-state index in [9.17, 15) is 4.79 Å². The highest BCUT2D eigenvalue weighted by Gasteiger charge is 2.44. The zero-order valence-electron chi connectivity index (χ0n) is 12.4. The molecule has 2 aliphatic heterocycles. The summed E-state index contributed by atoms with van der Waals surface area (Å²) >= 11 is 0. The van der Waals surface area contributed by atoms with Crippen LogP contribution in [0, 0.1) is 11.8 Å². The van der Waals surface area contributed by atoms with Crippen LogP contribution in [0.4, 0.5) is 0 Å². The average molecular weight is 287 g/mol. The number of amides is 1. The highest BCUT2D eigenvalue weighted by Crippen LogP contribution is 2.44. The van der Waals surface area contributed by atoms with Crippen LogP contribution < -0.4 is 9.47 Å².